The van der Waals surface area contributed by atoms with E-state index in [1.807, 2.05) is 30.3 Å². The van der Waals surface area contributed by atoms with Crippen LogP contribution in [0.4, 0.5) is 5.69 Å². The number of unbranched alkanes of at least 4 members (excludes halogenated alkanes) is 1. The van der Waals surface area contributed by atoms with Gasteiger partial charge in [0.1, 0.15) is 0 Å². The summed E-state index contributed by atoms with van der Waals surface area (Å²) in [6.45, 7) is 2.13. The monoisotopic (exact) mass is 363 g/mol. The number of hydrogen-bond donors (Lipinski definition) is 2. The van der Waals surface area contributed by atoms with Gasteiger partial charge < -0.3 is 5.32 Å². The third kappa shape index (κ3) is 5.51. The first-order valence-electron chi connectivity index (χ1n) is 9.50. The molecule has 0 aliphatic heterocycles. The number of carbonyl (C=O) groups is 2. The van der Waals surface area contributed by atoms with Crippen LogP contribution in [0.25, 0.3) is 0 Å². The normalized spacial score (nSPS) is 13.9. The zero-order chi connectivity index (χ0) is 19.1. The maximum Gasteiger partial charge on any atom is 0.271 e. The Balaban J connectivity index is 1.63. The smallest absolute Gasteiger partial charge is 0.271 e. The van der Waals surface area contributed by atoms with Crippen LogP contribution in [0.15, 0.2) is 59.7 Å². The number of carbonyl (C=O) groups excluding carboxylic acids is 2. The molecule has 0 spiro atoms. The van der Waals surface area contributed by atoms with Crippen LogP contribution in [0.5, 0.6) is 0 Å². The van der Waals surface area contributed by atoms with Gasteiger partial charge in [-0.3, -0.25) is 9.59 Å². The van der Waals surface area contributed by atoms with Gasteiger partial charge in [0.05, 0.1) is 5.71 Å². The Bertz CT molecular complexity index is 809. The van der Waals surface area contributed by atoms with Gasteiger partial charge in [-0.2, -0.15) is 5.10 Å². The fourth-order valence-corrected chi connectivity index (χ4v) is 2.72. The Morgan fingerprint density at radius 1 is 1.00 bits per heavy atom. The highest BCUT2D eigenvalue weighted by Crippen LogP contribution is 2.30. The number of nitrogens with one attached hydrogen (secondary N) is 2. The van der Waals surface area contributed by atoms with Crippen molar-refractivity contribution in [3.63, 3.8) is 0 Å². The highest BCUT2D eigenvalue weighted by Gasteiger charge is 2.29. The maximum absolute atomic E-state index is 12.4. The number of hydrogen-bond acceptors (Lipinski definition) is 3. The van der Waals surface area contributed by atoms with Gasteiger partial charge in [0.2, 0.25) is 5.91 Å². The van der Waals surface area contributed by atoms with E-state index in [9.17, 15) is 9.59 Å². The zero-order valence-electron chi connectivity index (χ0n) is 15.6. The van der Waals surface area contributed by atoms with Crippen molar-refractivity contribution in [3.8, 4) is 0 Å². The van der Waals surface area contributed by atoms with Crippen molar-refractivity contribution in [1.82, 2.24) is 5.43 Å². The van der Waals surface area contributed by atoms with Crippen LogP contribution in [0, 0.1) is 5.92 Å². The van der Waals surface area contributed by atoms with Crippen LogP contribution in [-0.4, -0.2) is 17.5 Å². The lowest BCUT2D eigenvalue weighted by Crippen LogP contribution is -2.20. The Hall–Kier alpha value is -2.95. The summed E-state index contributed by atoms with van der Waals surface area (Å²) < 4.78 is 0. The number of hydrazone groups is 1. The molecule has 0 unspecified atom stereocenters. The molecule has 0 saturated heterocycles. The number of rotatable bonds is 8. The molecule has 1 aliphatic carbocycles. The van der Waals surface area contributed by atoms with Gasteiger partial charge in [-0.25, -0.2) is 5.43 Å². The number of benzene rings is 2. The molecule has 5 heteroatoms. The van der Waals surface area contributed by atoms with Crippen molar-refractivity contribution < 1.29 is 9.59 Å². The first kappa shape index (κ1) is 18.8. The minimum atomic E-state index is -0.264. The summed E-state index contributed by atoms with van der Waals surface area (Å²) in [6.07, 6.45) is 4.82. The lowest BCUT2D eigenvalue weighted by Gasteiger charge is -2.08. The summed E-state index contributed by atoms with van der Waals surface area (Å²) in [7, 11) is 0. The van der Waals surface area contributed by atoms with Gasteiger partial charge in [-0.1, -0.05) is 43.7 Å². The van der Waals surface area contributed by atoms with Gasteiger partial charge in [0.25, 0.3) is 5.91 Å². The summed E-state index contributed by atoms with van der Waals surface area (Å²) in [6, 6.07) is 16.8. The fraction of sp³-hybridized carbons (Fsp3) is 0.318. The Kier molecular flexibility index (Phi) is 6.36. The SMILES string of the molecule is CCCC/C(=N\NC(=O)c1ccc(NC(=O)C2CC2)cc1)c1ccccc1. The van der Waals surface area contributed by atoms with E-state index in [1.165, 1.54) is 0 Å². The molecule has 140 valence electrons. The third-order valence-corrected chi connectivity index (χ3v) is 4.53. The summed E-state index contributed by atoms with van der Waals surface area (Å²) >= 11 is 0. The van der Waals surface area contributed by atoms with Crippen LogP contribution in [0.3, 0.4) is 0 Å². The molecule has 2 amide bonds. The predicted molar refractivity (Wildman–Crippen MR) is 108 cm³/mol. The van der Waals surface area contributed by atoms with Gasteiger partial charge in [-0.05, 0) is 55.5 Å². The largest absolute Gasteiger partial charge is 0.326 e. The standard InChI is InChI=1S/C22H25N3O2/c1-2-3-9-20(16-7-5-4-6-8-16)24-25-22(27)18-12-14-19(15-13-18)23-21(26)17-10-11-17/h4-8,12-15,17H,2-3,9-11H2,1H3,(H,23,26)(H,25,27)/b24-20+. The van der Waals surface area contributed by atoms with Crippen LogP contribution >= 0.6 is 0 Å². The zero-order valence-corrected chi connectivity index (χ0v) is 15.6. The van der Waals surface area contributed by atoms with E-state index in [2.05, 4.69) is 22.8 Å². The quantitative estimate of drug-likeness (QED) is 0.540. The Morgan fingerprint density at radius 3 is 2.33 bits per heavy atom. The first-order chi connectivity index (χ1) is 13.2. The summed E-state index contributed by atoms with van der Waals surface area (Å²) in [5, 5.41) is 7.22. The molecule has 1 aliphatic rings. The molecule has 0 atom stereocenters. The molecular weight excluding hydrogens is 338 g/mol. The van der Waals surface area contributed by atoms with E-state index in [-0.39, 0.29) is 17.7 Å². The highest BCUT2D eigenvalue weighted by molar-refractivity contribution is 6.02. The molecule has 0 radical (unpaired) electrons. The maximum atomic E-state index is 12.4. The number of amides is 2. The molecular formula is C22H25N3O2. The lowest BCUT2D eigenvalue weighted by molar-refractivity contribution is -0.117. The predicted octanol–water partition coefficient (Wildman–Crippen LogP) is 4.36. The molecule has 2 N–H and O–H groups in total. The van der Waals surface area contributed by atoms with Crippen molar-refractivity contribution in [2.24, 2.45) is 11.0 Å². The second-order valence-electron chi connectivity index (χ2n) is 6.81. The van der Waals surface area contributed by atoms with Crippen LogP contribution < -0.4 is 10.7 Å². The number of anilines is 1. The summed E-state index contributed by atoms with van der Waals surface area (Å²) in [5.41, 5.74) is 5.76. The molecule has 5 nitrogen and oxygen atoms in total. The molecule has 0 bridgehead atoms. The van der Waals surface area contributed by atoms with Crippen molar-refractivity contribution in [1.29, 1.82) is 0 Å². The first-order valence-corrected chi connectivity index (χ1v) is 9.50. The Morgan fingerprint density at radius 2 is 1.70 bits per heavy atom. The summed E-state index contributed by atoms with van der Waals surface area (Å²) in [5.74, 6) is -0.0536. The van der Waals surface area contributed by atoms with E-state index >= 15 is 0 Å². The summed E-state index contributed by atoms with van der Waals surface area (Å²) in [4.78, 5) is 24.2. The van der Waals surface area contributed by atoms with Gasteiger partial charge >= 0.3 is 0 Å². The van der Waals surface area contributed by atoms with Gasteiger partial charge in [0.15, 0.2) is 0 Å². The molecule has 3 rings (SSSR count). The molecule has 27 heavy (non-hydrogen) atoms. The second kappa shape index (κ2) is 9.12. The van der Waals surface area contributed by atoms with E-state index in [0.717, 1.165) is 43.4 Å². The van der Waals surface area contributed by atoms with Crippen LogP contribution in [0.1, 0.15) is 54.9 Å². The molecule has 1 fully saturated rings. The molecule has 0 aromatic heterocycles. The minimum absolute atomic E-state index is 0.0558. The lowest BCUT2D eigenvalue weighted by atomic mass is 10.1. The molecule has 1 saturated carbocycles. The van der Waals surface area contributed by atoms with E-state index in [4.69, 9.17) is 0 Å². The minimum Gasteiger partial charge on any atom is -0.326 e. The van der Waals surface area contributed by atoms with Crippen LogP contribution in [-0.2, 0) is 4.79 Å². The van der Waals surface area contributed by atoms with Gasteiger partial charge in [-0.15, -0.1) is 0 Å². The molecule has 0 heterocycles. The molecule has 2 aromatic rings. The fourth-order valence-electron chi connectivity index (χ4n) is 2.72. The van der Waals surface area contributed by atoms with E-state index in [1.54, 1.807) is 24.3 Å². The highest BCUT2D eigenvalue weighted by atomic mass is 16.2. The average Bonchev–Trinajstić information content (AvgIpc) is 3.54. The molecule has 2 aromatic carbocycles. The second-order valence-corrected chi connectivity index (χ2v) is 6.81. The van der Waals surface area contributed by atoms with Gasteiger partial charge in [0, 0.05) is 17.2 Å². The average molecular weight is 363 g/mol. The third-order valence-electron chi connectivity index (χ3n) is 4.53. The number of nitrogens with zero attached hydrogens (tertiary/aromatic N) is 1. The topological polar surface area (TPSA) is 70.6 Å². The van der Waals surface area contributed by atoms with Crippen molar-refractivity contribution in [2.75, 3.05) is 5.32 Å². The van der Waals surface area contributed by atoms with Crippen molar-refractivity contribution >= 4 is 23.2 Å². The van der Waals surface area contributed by atoms with Crippen molar-refractivity contribution in [3.05, 3.63) is 65.7 Å². The van der Waals surface area contributed by atoms with Crippen molar-refractivity contribution in [2.45, 2.75) is 39.0 Å². The van der Waals surface area contributed by atoms with Crippen LogP contribution in [0.2, 0.25) is 0 Å². The Labute approximate surface area is 159 Å². The van der Waals surface area contributed by atoms with E-state index in [0.29, 0.717) is 11.3 Å². The van der Waals surface area contributed by atoms with E-state index < -0.39 is 0 Å².